The molecule has 3 aromatic heterocycles. The number of ether oxygens (including phenoxy) is 2. The molecule has 0 amide bonds. The number of benzene rings is 1. The van der Waals surface area contributed by atoms with Crippen LogP contribution in [0.15, 0.2) is 28.7 Å². The molecule has 0 spiro atoms. The van der Waals surface area contributed by atoms with Crippen LogP contribution in [0.2, 0.25) is 0 Å². The highest BCUT2D eigenvalue weighted by molar-refractivity contribution is 7.18. The fourth-order valence-corrected chi connectivity index (χ4v) is 6.48. The number of furan rings is 1. The molecule has 0 atom stereocenters. The summed E-state index contributed by atoms with van der Waals surface area (Å²) < 4.78 is 17.2. The summed E-state index contributed by atoms with van der Waals surface area (Å²) in [6.07, 6.45) is 0. The van der Waals surface area contributed by atoms with Gasteiger partial charge in [0.2, 0.25) is 0 Å². The molecule has 3 aliphatic heterocycles. The molecule has 9 nitrogen and oxygen atoms in total. The number of hydrogen-bond donors (Lipinski definition) is 0. The number of anilines is 1. The molecule has 3 fully saturated rings. The van der Waals surface area contributed by atoms with Gasteiger partial charge in [-0.1, -0.05) is 29.5 Å². The maximum atomic E-state index is 6.05. The van der Waals surface area contributed by atoms with E-state index in [-0.39, 0.29) is 0 Å². The lowest BCUT2D eigenvalue weighted by Crippen LogP contribution is -2.60. The SMILES string of the molecule is Cc1oc2ccccc2c1-c1nc(N2CCOCC2)c2nc(CN3CC(N4CCOCC4)C3)sc2n1. The Balaban J connectivity index is 1.22. The summed E-state index contributed by atoms with van der Waals surface area (Å²) in [5, 5.41) is 2.14. The Labute approximate surface area is 213 Å². The monoisotopic (exact) mass is 506 g/mol. The molecule has 0 aliphatic carbocycles. The molecule has 0 radical (unpaired) electrons. The van der Waals surface area contributed by atoms with Gasteiger partial charge in [-0.2, -0.15) is 0 Å². The van der Waals surface area contributed by atoms with E-state index in [0.717, 1.165) is 102 Å². The van der Waals surface area contributed by atoms with Crippen molar-refractivity contribution in [2.45, 2.75) is 19.5 Å². The first-order valence-electron chi connectivity index (χ1n) is 12.8. The van der Waals surface area contributed by atoms with Gasteiger partial charge in [0.1, 0.15) is 26.7 Å². The molecule has 0 N–H and O–H groups in total. The number of nitrogens with zero attached hydrogens (tertiary/aromatic N) is 6. The fraction of sp³-hybridized carbons (Fsp3) is 0.500. The zero-order valence-corrected chi connectivity index (χ0v) is 21.3. The summed E-state index contributed by atoms with van der Waals surface area (Å²) >= 11 is 1.69. The first-order chi connectivity index (χ1) is 17.7. The van der Waals surface area contributed by atoms with E-state index in [2.05, 4.69) is 20.8 Å². The number of aromatic nitrogens is 3. The van der Waals surface area contributed by atoms with E-state index in [1.54, 1.807) is 11.3 Å². The third-order valence-corrected chi connectivity index (χ3v) is 8.38. The minimum Gasteiger partial charge on any atom is -0.461 e. The lowest BCUT2D eigenvalue weighted by atomic mass is 10.1. The average molecular weight is 507 g/mol. The molecule has 36 heavy (non-hydrogen) atoms. The first-order valence-corrected chi connectivity index (χ1v) is 13.6. The predicted molar refractivity (Wildman–Crippen MR) is 140 cm³/mol. The third-order valence-electron chi connectivity index (χ3n) is 7.45. The number of aryl methyl sites for hydroxylation is 1. The maximum Gasteiger partial charge on any atom is 0.167 e. The Hall–Kier alpha value is -2.63. The van der Waals surface area contributed by atoms with Gasteiger partial charge in [-0.25, -0.2) is 15.0 Å². The number of fused-ring (bicyclic) bond motifs is 2. The van der Waals surface area contributed by atoms with Crippen LogP contribution in [0.4, 0.5) is 5.82 Å². The minimum absolute atomic E-state index is 0.635. The maximum absolute atomic E-state index is 6.05. The summed E-state index contributed by atoms with van der Waals surface area (Å²) in [5.41, 5.74) is 2.73. The van der Waals surface area contributed by atoms with Gasteiger partial charge in [-0.3, -0.25) is 9.80 Å². The van der Waals surface area contributed by atoms with Crippen LogP contribution in [-0.4, -0.2) is 96.5 Å². The molecule has 6 heterocycles. The van der Waals surface area contributed by atoms with Crippen molar-refractivity contribution in [1.82, 2.24) is 24.8 Å². The summed E-state index contributed by atoms with van der Waals surface area (Å²) in [5.74, 6) is 2.45. The number of thiazole rings is 1. The van der Waals surface area contributed by atoms with E-state index in [1.165, 1.54) is 0 Å². The van der Waals surface area contributed by atoms with Gasteiger partial charge in [-0.15, -0.1) is 0 Å². The zero-order valence-electron chi connectivity index (χ0n) is 20.5. The van der Waals surface area contributed by atoms with Gasteiger partial charge in [0.05, 0.1) is 38.5 Å². The van der Waals surface area contributed by atoms with E-state index in [1.807, 2.05) is 25.1 Å². The molecule has 0 bridgehead atoms. The van der Waals surface area contributed by atoms with Crippen molar-refractivity contribution in [2.24, 2.45) is 0 Å². The quantitative estimate of drug-likeness (QED) is 0.405. The largest absolute Gasteiger partial charge is 0.461 e. The standard InChI is InChI=1S/C26H30N6O3S/c1-17-22(19-4-2-3-5-20(19)35-17)24-28-25(32-8-12-34-13-9-32)23-26(29-24)36-21(27-23)16-30-14-18(15-30)31-6-10-33-11-7-31/h2-5,18H,6-16H2,1H3. The Kier molecular flexibility index (Phi) is 5.86. The van der Waals surface area contributed by atoms with E-state index in [0.29, 0.717) is 25.1 Å². The van der Waals surface area contributed by atoms with Gasteiger partial charge >= 0.3 is 0 Å². The number of para-hydroxylation sites is 1. The van der Waals surface area contributed by atoms with Crippen LogP contribution in [-0.2, 0) is 16.0 Å². The lowest BCUT2D eigenvalue weighted by molar-refractivity contribution is -0.0344. The Morgan fingerprint density at radius 2 is 1.69 bits per heavy atom. The molecule has 3 aliphatic rings. The Morgan fingerprint density at radius 1 is 0.944 bits per heavy atom. The molecule has 188 valence electrons. The van der Waals surface area contributed by atoms with E-state index < -0.39 is 0 Å². The second kappa shape index (κ2) is 9.35. The van der Waals surface area contributed by atoms with Gasteiger partial charge in [0, 0.05) is 50.7 Å². The highest BCUT2D eigenvalue weighted by Crippen LogP contribution is 2.37. The van der Waals surface area contributed by atoms with E-state index >= 15 is 0 Å². The van der Waals surface area contributed by atoms with Gasteiger partial charge < -0.3 is 18.8 Å². The van der Waals surface area contributed by atoms with Crippen molar-refractivity contribution in [3.05, 3.63) is 35.0 Å². The summed E-state index contributed by atoms with van der Waals surface area (Å²) in [6, 6.07) is 8.73. The highest BCUT2D eigenvalue weighted by atomic mass is 32.1. The van der Waals surface area contributed by atoms with Crippen molar-refractivity contribution in [2.75, 3.05) is 70.6 Å². The molecular weight excluding hydrogens is 476 g/mol. The van der Waals surface area contributed by atoms with Crippen LogP contribution < -0.4 is 4.90 Å². The van der Waals surface area contributed by atoms with E-state index in [4.69, 9.17) is 28.8 Å². The normalized spacial score (nSPS) is 20.4. The van der Waals surface area contributed by atoms with Crippen LogP contribution in [0.5, 0.6) is 0 Å². The van der Waals surface area contributed by atoms with Crippen LogP contribution in [0.1, 0.15) is 10.8 Å². The second-order valence-electron chi connectivity index (χ2n) is 9.76. The number of hydrogen-bond acceptors (Lipinski definition) is 10. The summed E-state index contributed by atoms with van der Waals surface area (Å²) in [4.78, 5) is 23.5. The topological polar surface area (TPSA) is 80.0 Å². The lowest BCUT2D eigenvalue weighted by Gasteiger charge is -2.46. The number of rotatable bonds is 5. The molecule has 10 heteroatoms. The molecule has 7 rings (SSSR count). The van der Waals surface area contributed by atoms with Gasteiger partial charge in [0.25, 0.3) is 0 Å². The molecule has 0 unspecified atom stereocenters. The Bertz CT molecular complexity index is 1390. The van der Waals surface area contributed by atoms with E-state index in [9.17, 15) is 0 Å². The molecule has 3 saturated heterocycles. The van der Waals surface area contributed by atoms with Crippen molar-refractivity contribution < 1.29 is 13.9 Å². The molecule has 0 saturated carbocycles. The zero-order chi connectivity index (χ0) is 24.1. The summed E-state index contributed by atoms with van der Waals surface area (Å²) in [7, 11) is 0. The number of morpholine rings is 2. The van der Waals surface area contributed by atoms with Crippen molar-refractivity contribution in [3.8, 4) is 11.4 Å². The molecule has 1 aromatic carbocycles. The minimum atomic E-state index is 0.635. The molecular formula is C26H30N6O3S. The van der Waals surface area contributed by atoms with Gasteiger partial charge in [-0.05, 0) is 13.0 Å². The summed E-state index contributed by atoms with van der Waals surface area (Å²) in [6.45, 7) is 11.8. The van der Waals surface area contributed by atoms with Crippen LogP contribution >= 0.6 is 11.3 Å². The second-order valence-corrected chi connectivity index (χ2v) is 10.8. The van der Waals surface area contributed by atoms with Crippen LogP contribution in [0, 0.1) is 6.92 Å². The van der Waals surface area contributed by atoms with Crippen LogP contribution in [0.3, 0.4) is 0 Å². The van der Waals surface area contributed by atoms with Crippen molar-refractivity contribution >= 4 is 38.5 Å². The third kappa shape index (κ3) is 4.06. The fourth-order valence-electron chi connectivity index (χ4n) is 5.51. The Morgan fingerprint density at radius 3 is 2.50 bits per heavy atom. The molecule has 4 aromatic rings. The van der Waals surface area contributed by atoms with Gasteiger partial charge in [0.15, 0.2) is 11.6 Å². The predicted octanol–water partition coefficient (Wildman–Crippen LogP) is 3.16. The van der Waals surface area contributed by atoms with Crippen molar-refractivity contribution in [3.63, 3.8) is 0 Å². The average Bonchev–Trinajstić information content (AvgIpc) is 3.45. The smallest absolute Gasteiger partial charge is 0.167 e. The van der Waals surface area contributed by atoms with Crippen LogP contribution in [0.25, 0.3) is 32.7 Å². The number of likely N-dealkylation sites (tertiary alicyclic amines) is 1. The highest BCUT2D eigenvalue weighted by Gasteiger charge is 2.33. The first kappa shape index (κ1) is 22.6. The van der Waals surface area contributed by atoms with Crippen molar-refractivity contribution in [1.29, 1.82) is 0 Å².